The van der Waals surface area contributed by atoms with Crippen LogP contribution in [0.5, 0.6) is 5.75 Å². The van der Waals surface area contributed by atoms with Gasteiger partial charge in [-0.2, -0.15) is 0 Å². The zero-order valence-corrected chi connectivity index (χ0v) is 9.93. The van der Waals surface area contributed by atoms with Crippen LogP contribution in [0.25, 0.3) is 0 Å². The highest BCUT2D eigenvalue weighted by Gasteiger charge is 2.05. The van der Waals surface area contributed by atoms with Crippen molar-refractivity contribution in [3.05, 3.63) is 27.7 Å². The van der Waals surface area contributed by atoms with Crippen molar-refractivity contribution < 1.29 is 9.53 Å². The van der Waals surface area contributed by atoms with Crippen LogP contribution in [0.1, 0.15) is 17.5 Å². The number of aryl methyl sites for hydroxylation is 2. The Kier molecular flexibility index (Phi) is 4.14. The average Bonchev–Trinajstić information content (AvgIpc) is 2.17. The van der Waals surface area contributed by atoms with Gasteiger partial charge in [0.1, 0.15) is 12.0 Å². The lowest BCUT2D eigenvalue weighted by Crippen LogP contribution is -1.93. The van der Waals surface area contributed by atoms with E-state index in [0.717, 1.165) is 34.1 Å². The van der Waals surface area contributed by atoms with Crippen LogP contribution in [0.3, 0.4) is 0 Å². The predicted octanol–water partition coefficient (Wildman–Crippen LogP) is 2.90. The van der Waals surface area contributed by atoms with Gasteiger partial charge in [-0.25, -0.2) is 0 Å². The molecule has 0 bridgehead atoms. The molecule has 0 aliphatic heterocycles. The summed E-state index contributed by atoms with van der Waals surface area (Å²) in [6.45, 7) is 1.99. The van der Waals surface area contributed by atoms with E-state index in [0.29, 0.717) is 6.42 Å². The van der Waals surface area contributed by atoms with E-state index >= 15 is 0 Å². The molecule has 0 heterocycles. The molecule has 0 unspecified atom stereocenters. The number of rotatable bonds is 4. The Labute approximate surface area is 92.4 Å². The van der Waals surface area contributed by atoms with E-state index in [4.69, 9.17) is 4.74 Å². The first-order valence-electron chi connectivity index (χ1n) is 4.45. The molecular weight excluding hydrogens is 244 g/mol. The van der Waals surface area contributed by atoms with Crippen LogP contribution in [-0.2, 0) is 11.2 Å². The molecule has 0 atom stereocenters. The van der Waals surface area contributed by atoms with Crippen LogP contribution >= 0.6 is 15.9 Å². The molecule has 14 heavy (non-hydrogen) atoms. The molecule has 3 heteroatoms. The Balaban J connectivity index is 2.98. The van der Waals surface area contributed by atoms with E-state index in [1.165, 1.54) is 0 Å². The molecule has 0 N–H and O–H groups in total. The Hall–Kier alpha value is -0.830. The number of methoxy groups -OCH3 is 1. The highest BCUT2D eigenvalue weighted by atomic mass is 79.9. The van der Waals surface area contributed by atoms with Crippen molar-refractivity contribution in [2.24, 2.45) is 0 Å². The largest absolute Gasteiger partial charge is 0.496 e. The number of ether oxygens (including phenoxy) is 1. The maximum absolute atomic E-state index is 10.3. The fraction of sp³-hybridized carbons (Fsp3) is 0.364. The second kappa shape index (κ2) is 5.15. The van der Waals surface area contributed by atoms with Crippen molar-refractivity contribution in [2.45, 2.75) is 19.8 Å². The Morgan fingerprint density at radius 2 is 2.21 bits per heavy atom. The van der Waals surface area contributed by atoms with Gasteiger partial charge in [-0.3, -0.25) is 0 Å². The Morgan fingerprint density at radius 3 is 2.79 bits per heavy atom. The smallest absolute Gasteiger partial charge is 0.122 e. The summed E-state index contributed by atoms with van der Waals surface area (Å²) in [4.78, 5) is 10.3. The molecule has 0 radical (unpaired) electrons. The number of aldehydes is 1. The van der Waals surface area contributed by atoms with Gasteiger partial charge < -0.3 is 9.53 Å². The summed E-state index contributed by atoms with van der Waals surface area (Å²) < 4.78 is 6.25. The fourth-order valence-electron chi connectivity index (χ4n) is 1.32. The lowest BCUT2D eigenvalue weighted by molar-refractivity contribution is -0.107. The molecule has 0 saturated carbocycles. The summed E-state index contributed by atoms with van der Waals surface area (Å²) in [5.41, 5.74) is 2.20. The standard InChI is InChI=1S/C11H13BrO2/c1-8-6-10(12)9(4-3-5-13)7-11(8)14-2/h5-7H,3-4H2,1-2H3. The molecule has 1 aromatic carbocycles. The summed E-state index contributed by atoms with van der Waals surface area (Å²) in [7, 11) is 1.65. The van der Waals surface area contributed by atoms with Crippen LogP contribution in [0, 0.1) is 6.92 Å². The number of carbonyl (C=O) groups is 1. The molecule has 0 aliphatic carbocycles. The van der Waals surface area contributed by atoms with Gasteiger partial charge in [-0.1, -0.05) is 15.9 Å². The lowest BCUT2D eigenvalue weighted by atomic mass is 10.1. The van der Waals surface area contributed by atoms with Crippen molar-refractivity contribution in [2.75, 3.05) is 7.11 Å². The lowest BCUT2D eigenvalue weighted by Gasteiger charge is -2.09. The minimum absolute atomic E-state index is 0.546. The van der Waals surface area contributed by atoms with E-state index in [9.17, 15) is 4.79 Å². The van der Waals surface area contributed by atoms with Gasteiger partial charge in [-0.05, 0) is 36.6 Å². The minimum atomic E-state index is 0.546. The number of carbonyl (C=O) groups excluding carboxylic acids is 1. The molecule has 1 rings (SSSR count). The van der Waals surface area contributed by atoms with Gasteiger partial charge in [0.05, 0.1) is 7.11 Å². The quantitative estimate of drug-likeness (QED) is 0.775. The van der Waals surface area contributed by atoms with Gasteiger partial charge >= 0.3 is 0 Å². The third-order valence-electron chi connectivity index (χ3n) is 2.10. The molecule has 0 aliphatic rings. The fourth-order valence-corrected chi connectivity index (χ4v) is 1.98. The molecule has 0 fully saturated rings. The molecule has 0 spiro atoms. The molecule has 2 nitrogen and oxygen atoms in total. The predicted molar refractivity (Wildman–Crippen MR) is 59.8 cm³/mol. The molecular formula is C11H13BrO2. The van der Waals surface area contributed by atoms with Gasteiger partial charge in [0.25, 0.3) is 0 Å². The van der Waals surface area contributed by atoms with Crippen molar-refractivity contribution in [1.29, 1.82) is 0 Å². The molecule has 1 aromatic rings. The number of hydrogen-bond donors (Lipinski definition) is 0. The summed E-state index contributed by atoms with van der Waals surface area (Å²) in [5, 5.41) is 0. The topological polar surface area (TPSA) is 26.3 Å². The van der Waals surface area contributed by atoms with Gasteiger partial charge in [0, 0.05) is 10.9 Å². The van der Waals surface area contributed by atoms with Gasteiger partial charge in [0.2, 0.25) is 0 Å². The number of hydrogen-bond acceptors (Lipinski definition) is 2. The van der Waals surface area contributed by atoms with E-state index in [1.807, 2.05) is 19.1 Å². The average molecular weight is 257 g/mol. The zero-order chi connectivity index (χ0) is 10.6. The third-order valence-corrected chi connectivity index (χ3v) is 2.83. The first-order valence-corrected chi connectivity index (χ1v) is 5.25. The van der Waals surface area contributed by atoms with Crippen molar-refractivity contribution >= 4 is 22.2 Å². The van der Waals surface area contributed by atoms with Crippen LogP contribution in [0.2, 0.25) is 0 Å². The molecule has 0 amide bonds. The van der Waals surface area contributed by atoms with Crippen LogP contribution < -0.4 is 4.74 Å². The molecule has 0 saturated heterocycles. The SMILES string of the molecule is COc1cc(CCC=O)c(Br)cc1C. The maximum atomic E-state index is 10.3. The summed E-state index contributed by atoms with van der Waals surface area (Å²) in [6, 6.07) is 3.99. The second-order valence-electron chi connectivity index (χ2n) is 3.12. The first-order chi connectivity index (χ1) is 6.69. The highest BCUT2D eigenvalue weighted by molar-refractivity contribution is 9.10. The number of halogens is 1. The normalized spacial score (nSPS) is 9.93. The van der Waals surface area contributed by atoms with Crippen LogP contribution in [0.4, 0.5) is 0 Å². The van der Waals surface area contributed by atoms with Gasteiger partial charge in [-0.15, -0.1) is 0 Å². The summed E-state index contributed by atoms with van der Waals surface area (Å²) >= 11 is 3.47. The summed E-state index contributed by atoms with van der Waals surface area (Å²) in [5.74, 6) is 0.870. The van der Waals surface area contributed by atoms with Gasteiger partial charge in [0.15, 0.2) is 0 Å². The maximum Gasteiger partial charge on any atom is 0.122 e. The van der Waals surface area contributed by atoms with E-state index < -0.39 is 0 Å². The van der Waals surface area contributed by atoms with Crippen molar-refractivity contribution in [3.8, 4) is 5.75 Å². The van der Waals surface area contributed by atoms with Crippen LogP contribution in [0.15, 0.2) is 16.6 Å². The molecule has 0 aromatic heterocycles. The second-order valence-corrected chi connectivity index (χ2v) is 3.97. The first kappa shape index (κ1) is 11.2. The van der Waals surface area contributed by atoms with E-state index in [1.54, 1.807) is 7.11 Å². The molecule has 76 valence electrons. The Bertz CT molecular complexity index is 334. The van der Waals surface area contributed by atoms with Crippen molar-refractivity contribution in [3.63, 3.8) is 0 Å². The summed E-state index contributed by atoms with van der Waals surface area (Å²) in [6.07, 6.45) is 2.23. The van der Waals surface area contributed by atoms with Crippen LogP contribution in [-0.4, -0.2) is 13.4 Å². The zero-order valence-electron chi connectivity index (χ0n) is 8.34. The van der Waals surface area contributed by atoms with Crippen molar-refractivity contribution in [1.82, 2.24) is 0 Å². The highest BCUT2D eigenvalue weighted by Crippen LogP contribution is 2.27. The number of benzene rings is 1. The monoisotopic (exact) mass is 256 g/mol. The Morgan fingerprint density at radius 1 is 1.50 bits per heavy atom. The third kappa shape index (κ3) is 2.58. The van der Waals surface area contributed by atoms with E-state index in [-0.39, 0.29) is 0 Å². The van der Waals surface area contributed by atoms with E-state index in [2.05, 4.69) is 15.9 Å². The minimum Gasteiger partial charge on any atom is -0.496 e.